The number of carboxylic acids is 3. The number of carbonyl (C=O) groups is 3. The molecule has 0 radical (unpaired) electrons. The summed E-state index contributed by atoms with van der Waals surface area (Å²) >= 11 is 0. The molecule has 17 heavy (non-hydrogen) atoms. The number of aliphatic carboxylic acids is 3. The Balaban J connectivity index is 0. The third-order valence-electron chi connectivity index (χ3n) is 1.29. The highest BCUT2D eigenvalue weighted by atomic mass is 16.5. The van der Waals surface area contributed by atoms with Crippen molar-refractivity contribution in [2.24, 2.45) is 0 Å². The van der Waals surface area contributed by atoms with Crippen LogP contribution in [0.2, 0.25) is 0 Å². The van der Waals surface area contributed by atoms with Crippen molar-refractivity contribution in [2.45, 2.75) is 18.4 Å². The molecule has 0 saturated carbocycles. The van der Waals surface area contributed by atoms with Crippen molar-refractivity contribution in [3.63, 3.8) is 0 Å². The van der Waals surface area contributed by atoms with Gasteiger partial charge in [-0.15, -0.1) is 0 Å². The lowest BCUT2D eigenvalue weighted by atomic mass is 9.96. The minimum absolute atomic E-state index is 1.00. The first-order valence-corrected chi connectivity index (χ1v) is 4.27. The minimum atomic E-state index is -2.74. The van der Waals surface area contributed by atoms with Crippen LogP contribution < -0.4 is 0 Å². The molecule has 0 aromatic heterocycles. The van der Waals surface area contributed by atoms with Crippen LogP contribution in [-0.4, -0.2) is 68.3 Å². The van der Waals surface area contributed by atoms with Gasteiger partial charge < -0.3 is 25.6 Å². The molecule has 0 bridgehead atoms. The molecule has 0 amide bonds. The molecule has 0 spiro atoms. The van der Waals surface area contributed by atoms with Gasteiger partial charge in [0.2, 0.25) is 0 Å². The van der Waals surface area contributed by atoms with E-state index < -0.39 is 36.4 Å². The number of rotatable bonds is 5. The van der Waals surface area contributed by atoms with Crippen molar-refractivity contribution in [2.75, 3.05) is 14.1 Å². The van der Waals surface area contributed by atoms with Gasteiger partial charge in [0.25, 0.3) is 0 Å². The Bertz CT molecular complexity index is 268. The molecule has 0 saturated heterocycles. The van der Waals surface area contributed by atoms with Crippen molar-refractivity contribution in [1.82, 2.24) is 5.06 Å². The van der Waals surface area contributed by atoms with Crippen LogP contribution in [-0.2, 0) is 14.4 Å². The summed E-state index contributed by atoms with van der Waals surface area (Å²) in [5.41, 5.74) is -2.74. The van der Waals surface area contributed by atoms with Crippen molar-refractivity contribution < 1.29 is 40.0 Å². The first kappa shape index (κ1) is 17.7. The lowest BCUT2D eigenvalue weighted by molar-refractivity contribution is -0.170. The molecule has 0 unspecified atom stereocenters. The van der Waals surface area contributed by atoms with Crippen LogP contribution >= 0.6 is 0 Å². The third kappa shape index (κ3) is 10.6. The standard InChI is InChI=1S/C6H8O7.C2H7NO/c7-3(8)1-6(13,5(11)12)2-4(9)10;1-3(2)4/h13H,1-2H2,(H,7,8)(H,9,10)(H,11,12);4H,1-2H3. The van der Waals surface area contributed by atoms with Crippen LogP contribution in [0.15, 0.2) is 0 Å². The summed E-state index contributed by atoms with van der Waals surface area (Å²) in [6.07, 6.45) is -2.29. The highest BCUT2D eigenvalue weighted by molar-refractivity contribution is 5.88. The van der Waals surface area contributed by atoms with E-state index in [4.69, 9.17) is 25.6 Å². The van der Waals surface area contributed by atoms with Gasteiger partial charge in [-0.2, -0.15) is 5.06 Å². The molecular weight excluding hydrogens is 238 g/mol. The topological polar surface area (TPSA) is 156 Å². The average molecular weight is 253 g/mol. The van der Waals surface area contributed by atoms with Gasteiger partial charge >= 0.3 is 17.9 Å². The lowest BCUT2D eigenvalue weighted by Gasteiger charge is -2.18. The van der Waals surface area contributed by atoms with E-state index in [-0.39, 0.29) is 0 Å². The first-order chi connectivity index (χ1) is 7.51. The predicted molar refractivity (Wildman–Crippen MR) is 52.6 cm³/mol. The molecule has 9 nitrogen and oxygen atoms in total. The first-order valence-electron chi connectivity index (χ1n) is 4.27. The Morgan fingerprint density at radius 1 is 1.00 bits per heavy atom. The number of carboxylic acid groups (broad SMARTS) is 3. The molecule has 0 heterocycles. The van der Waals surface area contributed by atoms with Crippen LogP contribution in [0.4, 0.5) is 0 Å². The summed E-state index contributed by atoms with van der Waals surface area (Å²) in [7, 11) is 3.11. The highest BCUT2D eigenvalue weighted by Crippen LogP contribution is 2.15. The molecule has 0 rings (SSSR count). The van der Waals surface area contributed by atoms with Crippen molar-refractivity contribution in [1.29, 1.82) is 0 Å². The summed E-state index contributed by atoms with van der Waals surface area (Å²) in [5, 5.41) is 42.7. The van der Waals surface area contributed by atoms with E-state index in [9.17, 15) is 14.4 Å². The van der Waals surface area contributed by atoms with Gasteiger partial charge in [-0.3, -0.25) is 9.59 Å². The van der Waals surface area contributed by atoms with E-state index in [1.807, 2.05) is 0 Å². The van der Waals surface area contributed by atoms with Gasteiger partial charge in [0, 0.05) is 14.1 Å². The van der Waals surface area contributed by atoms with E-state index in [0.717, 1.165) is 5.06 Å². The second-order valence-electron chi connectivity index (χ2n) is 3.32. The molecule has 0 aliphatic rings. The summed E-state index contributed by atoms with van der Waals surface area (Å²) in [6.45, 7) is 0. The number of nitrogens with zero attached hydrogens (tertiary/aromatic N) is 1. The average Bonchev–Trinajstić information content (AvgIpc) is 1.98. The number of hydrogen-bond donors (Lipinski definition) is 5. The van der Waals surface area contributed by atoms with Gasteiger partial charge in [-0.1, -0.05) is 0 Å². The van der Waals surface area contributed by atoms with Gasteiger partial charge in [-0.25, -0.2) is 4.79 Å². The van der Waals surface area contributed by atoms with Crippen LogP contribution in [0.5, 0.6) is 0 Å². The normalized spacial score (nSPS) is 10.4. The van der Waals surface area contributed by atoms with Crippen LogP contribution in [0.3, 0.4) is 0 Å². The van der Waals surface area contributed by atoms with E-state index in [0.29, 0.717) is 0 Å². The zero-order chi connectivity index (χ0) is 14.2. The molecule has 0 aromatic rings. The maximum absolute atomic E-state index is 10.3. The fraction of sp³-hybridized carbons (Fsp3) is 0.625. The smallest absolute Gasteiger partial charge is 0.336 e. The molecule has 0 aromatic carbocycles. The van der Waals surface area contributed by atoms with Gasteiger partial charge in [0.05, 0.1) is 12.8 Å². The number of aliphatic hydroxyl groups is 1. The van der Waals surface area contributed by atoms with Crippen LogP contribution in [0.1, 0.15) is 12.8 Å². The van der Waals surface area contributed by atoms with Crippen molar-refractivity contribution in [3.8, 4) is 0 Å². The summed E-state index contributed by atoms with van der Waals surface area (Å²) in [5.74, 6) is -5.02. The lowest BCUT2D eigenvalue weighted by Crippen LogP contribution is -2.42. The molecule has 5 N–H and O–H groups in total. The zero-order valence-corrected chi connectivity index (χ0v) is 9.32. The maximum Gasteiger partial charge on any atom is 0.336 e. The summed E-state index contributed by atoms with van der Waals surface area (Å²) < 4.78 is 0. The Morgan fingerprint density at radius 3 is 1.35 bits per heavy atom. The molecular formula is C8H15NO8. The SMILES string of the molecule is CN(C)O.O=C(O)CC(O)(CC(=O)O)C(=O)O. The van der Waals surface area contributed by atoms with E-state index in [1.165, 1.54) is 0 Å². The largest absolute Gasteiger partial charge is 0.481 e. The van der Waals surface area contributed by atoms with Gasteiger partial charge in [0.15, 0.2) is 5.60 Å². The molecule has 0 fully saturated rings. The summed E-state index contributed by atoms with van der Waals surface area (Å²) in [6, 6.07) is 0. The monoisotopic (exact) mass is 253 g/mol. The predicted octanol–water partition coefficient (Wildman–Crippen LogP) is -1.31. The Hall–Kier alpha value is -1.71. The van der Waals surface area contributed by atoms with E-state index in [1.54, 1.807) is 14.1 Å². The Morgan fingerprint density at radius 2 is 1.24 bits per heavy atom. The molecule has 0 aliphatic carbocycles. The molecule has 0 aliphatic heterocycles. The second-order valence-corrected chi connectivity index (χ2v) is 3.32. The van der Waals surface area contributed by atoms with E-state index in [2.05, 4.69) is 0 Å². The van der Waals surface area contributed by atoms with Gasteiger partial charge in [0.1, 0.15) is 0 Å². The molecule has 100 valence electrons. The van der Waals surface area contributed by atoms with E-state index >= 15 is 0 Å². The fourth-order valence-electron chi connectivity index (χ4n) is 0.714. The van der Waals surface area contributed by atoms with Crippen LogP contribution in [0.25, 0.3) is 0 Å². The summed E-state index contributed by atoms with van der Waals surface area (Å²) in [4.78, 5) is 30.5. The van der Waals surface area contributed by atoms with Crippen molar-refractivity contribution >= 4 is 17.9 Å². The molecule has 9 heteroatoms. The zero-order valence-electron chi connectivity index (χ0n) is 9.32. The van der Waals surface area contributed by atoms with Gasteiger partial charge in [-0.05, 0) is 0 Å². The Labute approximate surface area is 96.5 Å². The quantitative estimate of drug-likeness (QED) is 0.375. The third-order valence-corrected chi connectivity index (χ3v) is 1.29. The van der Waals surface area contributed by atoms with Crippen molar-refractivity contribution in [3.05, 3.63) is 0 Å². The van der Waals surface area contributed by atoms with Crippen LogP contribution in [0, 0.1) is 0 Å². The maximum atomic E-state index is 10.3. The second kappa shape index (κ2) is 7.54. The molecule has 0 atom stereocenters. The minimum Gasteiger partial charge on any atom is -0.481 e. The highest BCUT2D eigenvalue weighted by Gasteiger charge is 2.40. The fourth-order valence-corrected chi connectivity index (χ4v) is 0.714. The number of hydroxylamine groups is 2. The number of hydrogen-bond acceptors (Lipinski definition) is 6. The Kier molecular flexibility index (Phi) is 7.85.